The van der Waals surface area contributed by atoms with Crippen LogP contribution in [0.3, 0.4) is 0 Å². The topological polar surface area (TPSA) is 60.2 Å². The van der Waals surface area contributed by atoms with Crippen molar-refractivity contribution in [3.05, 3.63) is 23.2 Å². The molecule has 0 N–H and O–H groups in total. The molecule has 7 heteroatoms. The van der Waals surface area contributed by atoms with Gasteiger partial charge < -0.3 is 9.64 Å². The third-order valence-corrected chi connectivity index (χ3v) is 4.14. The van der Waals surface area contributed by atoms with Gasteiger partial charge in [-0.3, -0.25) is 0 Å². The molecule has 1 aromatic carbocycles. The quantitative estimate of drug-likeness (QED) is 0.797. The number of ether oxygens (including phenoxy) is 1. The van der Waals surface area contributed by atoms with Crippen molar-refractivity contribution in [1.82, 2.24) is 19.9 Å². The van der Waals surface area contributed by atoms with E-state index >= 15 is 0 Å². The Morgan fingerprint density at radius 2 is 2.17 bits per heavy atom. The van der Waals surface area contributed by atoms with Crippen molar-refractivity contribution in [2.24, 2.45) is 0 Å². The van der Waals surface area contributed by atoms with E-state index in [0.717, 1.165) is 23.9 Å². The normalized spacial score (nSPS) is 19.1. The van der Waals surface area contributed by atoms with Gasteiger partial charge in [-0.2, -0.15) is 0 Å². The average molecular weight is 337 g/mol. The molecule has 1 aliphatic rings. The molecule has 23 heavy (non-hydrogen) atoms. The van der Waals surface area contributed by atoms with Crippen molar-refractivity contribution in [2.75, 3.05) is 13.1 Å². The van der Waals surface area contributed by atoms with E-state index < -0.39 is 5.60 Å². The number of amides is 1. The lowest BCUT2D eigenvalue weighted by Gasteiger charge is -2.34. The van der Waals surface area contributed by atoms with Crippen LogP contribution in [0.15, 0.2) is 18.2 Å². The molecule has 2 heterocycles. The highest BCUT2D eigenvalue weighted by Gasteiger charge is 2.29. The number of hydrogen-bond acceptors (Lipinski definition) is 4. The van der Waals surface area contributed by atoms with Gasteiger partial charge in [-0.15, -0.1) is 5.10 Å². The van der Waals surface area contributed by atoms with Crippen LogP contribution >= 0.6 is 11.6 Å². The molecule has 1 unspecified atom stereocenters. The number of piperidine rings is 1. The van der Waals surface area contributed by atoms with Gasteiger partial charge >= 0.3 is 6.09 Å². The molecule has 0 radical (unpaired) electrons. The average Bonchev–Trinajstić information content (AvgIpc) is 2.91. The van der Waals surface area contributed by atoms with E-state index in [4.69, 9.17) is 16.3 Å². The number of halogens is 1. The van der Waals surface area contributed by atoms with E-state index in [0.29, 0.717) is 18.1 Å². The number of para-hydroxylation sites is 1. The molecule has 1 fully saturated rings. The Hall–Kier alpha value is -1.82. The van der Waals surface area contributed by atoms with Gasteiger partial charge in [0.15, 0.2) is 0 Å². The highest BCUT2D eigenvalue weighted by atomic mass is 35.5. The van der Waals surface area contributed by atoms with Crippen LogP contribution in [-0.2, 0) is 4.74 Å². The predicted octanol–water partition coefficient (Wildman–Crippen LogP) is 3.66. The largest absolute Gasteiger partial charge is 0.444 e. The number of hydrogen-bond donors (Lipinski definition) is 0. The molecule has 0 aliphatic carbocycles. The Bertz CT molecular complexity index is 722. The minimum absolute atomic E-state index is 0.0566. The SMILES string of the molecule is CC(C)(C)OC(=O)N1CCCC(n2nnc3cccc(Cl)c32)C1. The highest BCUT2D eigenvalue weighted by Crippen LogP contribution is 2.29. The van der Waals surface area contributed by atoms with E-state index in [1.807, 2.05) is 43.7 Å². The van der Waals surface area contributed by atoms with Crippen LogP contribution < -0.4 is 0 Å². The number of carbonyl (C=O) groups excluding carboxylic acids is 1. The molecule has 3 rings (SSSR count). The second-order valence-corrected chi connectivity index (χ2v) is 7.27. The molecule has 1 aromatic heterocycles. The first-order chi connectivity index (χ1) is 10.8. The predicted molar refractivity (Wildman–Crippen MR) is 88.6 cm³/mol. The Balaban J connectivity index is 1.82. The lowest BCUT2D eigenvalue weighted by atomic mass is 10.1. The summed E-state index contributed by atoms with van der Waals surface area (Å²) in [6.07, 6.45) is 1.55. The molecule has 124 valence electrons. The molecular formula is C16H21ClN4O2. The summed E-state index contributed by atoms with van der Waals surface area (Å²) in [6, 6.07) is 5.63. The van der Waals surface area contributed by atoms with Gasteiger partial charge in [0, 0.05) is 13.1 Å². The summed E-state index contributed by atoms with van der Waals surface area (Å²) >= 11 is 6.30. The number of fused-ring (bicyclic) bond motifs is 1. The van der Waals surface area contributed by atoms with Crippen molar-refractivity contribution in [3.8, 4) is 0 Å². The van der Waals surface area contributed by atoms with Crippen molar-refractivity contribution in [1.29, 1.82) is 0 Å². The molecular weight excluding hydrogens is 316 g/mol. The van der Waals surface area contributed by atoms with Crippen LogP contribution in [0.1, 0.15) is 39.7 Å². The maximum Gasteiger partial charge on any atom is 0.410 e. The Labute approximate surface area is 140 Å². The van der Waals surface area contributed by atoms with Gasteiger partial charge in [0.1, 0.15) is 16.6 Å². The van der Waals surface area contributed by atoms with Gasteiger partial charge in [-0.05, 0) is 45.7 Å². The number of aromatic nitrogens is 3. The Morgan fingerprint density at radius 1 is 1.39 bits per heavy atom. The molecule has 2 aromatic rings. The third-order valence-electron chi connectivity index (χ3n) is 3.84. The number of nitrogens with zero attached hydrogens (tertiary/aromatic N) is 4. The Morgan fingerprint density at radius 3 is 2.91 bits per heavy atom. The van der Waals surface area contributed by atoms with Crippen molar-refractivity contribution >= 4 is 28.7 Å². The second-order valence-electron chi connectivity index (χ2n) is 6.86. The summed E-state index contributed by atoms with van der Waals surface area (Å²) in [5, 5.41) is 9.06. The van der Waals surface area contributed by atoms with E-state index in [1.165, 1.54) is 0 Å². The van der Waals surface area contributed by atoms with E-state index in [-0.39, 0.29) is 12.1 Å². The minimum atomic E-state index is -0.493. The number of carbonyl (C=O) groups is 1. The smallest absolute Gasteiger partial charge is 0.410 e. The third kappa shape index (κ3) is 3.42. The van der Waals surface area contributed by atoms with Crippen molar-refractivity contribution < 1.29 is 9.53 Å². The molecule has 1 aliphatic heterocycles. The minimum Gasteiger partial charge on any atom is -0.444 e. The summed E-state index contributed by atoms with van der Waals surface area (Å²) in [6.45, 7) is 6.87. The zero-order chi connectivity index (χ0) is 16.6. The van der Waals surface area contributed by atoms with E-state index in [2.05, 4.69) is 10.3 Å². The fourth-order valence-electron chi connectivity index (χ4n) is 2.85. The summed E-state index contributed by atoms with van der Waals surface area (Å²) in [5.41, 5.74) is 1.10. The van der Waals surface area contributed by atoms with Crippen LogP contribution in [0.25, 0.3) is 11.0 Å². The summed E-state index contributed by atoms with van der Waals surface area (Å²) in [7, 11) is 0. The van der Waals surface area contributed by atoms with Crippen LogP contribution in [0.4, 0.5) is 4.79 Å². The Kier molecular flexibility index (Phi) is 4.19. The first-order valence-corrected chi connectivity index (χ1v) is 8.20. The van der Waals surface area contributed by atoms with Crippen LogP contribution in [-0.4, -0.2) is 44.7 Å². The maximum atomic E-state index is 12.3. The highest BCUT2D eigenvalue weighted by molar-refractivity contribution is 6.34. The summed E-state index contributed by atoms with van der Waals surface area (Å²) < 4.78 is 7.31. The summed E-state index contributed by atoms with van der Waals surface area (Å²) in [4.78, 5) is 14.0. The zero-order valence-corrected chi connectivity index (χ0v) is 14.4. The number of benzene rings is 1. The first kappa shape index (κ1) is 16.1. The maximum absolute atomic E-state index is 12.3. The molecule has 0 saturated carbocycles. The molecule has 1 atom stereocenters. The molecule has 1 amide bonds. The van der Waals surface area contributed by atoms with Crippen LogP contribution in [0.5, 0.6) is 0 Å². The monoisotopic (exact) mass is 336 g/mol. The molecule has 0 bridgehead atoms. The fourth-order valence-corrected chi connectivity index (χ4v) is 3.11. The lowest BCUT2D eigenvalue weighted by molar-refractivity contribution is 0.0168. The van der Waals surface area contributed by atoms with Gasteiger partial charge in [-0.1, -0.05) is 22.9 Å². The van der Waals surface area contributed by atoms with Crippen LogP contribution in [0, 0.1) is 0 Å². The van der Waals surface area contributed by atoms with Crippen molar-refractivity contribution in [3.63, 3.8) is 0 Å². The second kappa shape index (κ2) is 6.00. The van der Waals surface area contributed by atoms with Crippen LogP contribution in [0.2, 0.25) is 5.02 Å². The number of rotatable bonds is 1. The first-order valence-electron chi connectivity index (χ1n) is 7.82. The van der Waals surface area contributed by atoms with Gasteiger partial charge in [0.2, 0.25) is 0 Å². The lowest BCUT2D eigenvalue weighted by Crippen LogP contribution is -2.43. The van der Waals surface area contributed by atoms with Gasteiger partial charge in [-0.25, -0.2) is 9.48 Å². The van der Waals surface area contributed by atoms with Crippen molar-refractivity contribution in [2.45, 2.75) is 45.3 Å². The van der Waals surface area contributed by atoms with Gasteiger partial charge in [0.05, 0.1) is 11.1 Å². The number of likely N-dealkylation sites (tertiary alicyclic amines) is 1. The molecule has 1 saturated heterocycles. The fraction of sp³-hybridized carbons (Fsp3) is 0.562. The molecule has 6 nitrogen and oxygen atoms in total. The van der Waals surface area contributed by atoms with Gasteiger partial charge in [0.25, 0.3) is 0 Å². The van der Waals surface area contributed by atoms with E-state index in [9.17, 15) is 4.79 Å². The summed E-state index contributed by atoms with van der Waals surface area (Å²) in [5.74, 6) is 0. The zero-order valence-electron chi connectivity index (χ0n) is 13.6. The van der Waals surface area contributed by atoms with E-state index in [1.54, 1.807) is 4.90 Å². The molecule has 0 spiro atoms. The standard InChI is InChI=1S/C16H21ClN4O2/c1-16(2,3)23-15(22)20-9-5-6-11(10-20)21-14-12(17)7-4-8-13(14)18-19-21/h4,7-8,11H,5-6,9-10H2,1-3H3.